The van der Waals surface area contributed by atoms with Crippen LogP contribution in [0.15, 0.2) is 61.1 Å². The molecule has 1 fully saturated rings. The smallest absolute Gasteiger partial charge is 0.419 e. The van der Waals surface area contributed by atoms with Gasteiger partial charge in [0.05, 0.1) is 16.8 Å². The number of hydrogen-bond acceptors (Lipinski definition) is 5. The quantitative estimate of drug-likeness (QED) is 0.311. The van der Waals surface area contributed by atoms with Gasteiger partial charge in [0.15, 0.2) is 0 Å². The molecule has 5 rings (SSSR count). The molecule has 37 heavy (non-hydrogen) atoms. The van der Waals surface area contributed by atoms with E-state index in [0.717, 1.165) is 31.4 Å². The predicted molar refractivity (Wildman–Crippen MR) is 129 cm³/mol. The van der Waals surface area contributed by atoms with Gasteiger partial charge in [-0.3, -0.25) is 9.47 Å². The monoisotopic (exact) mass is 513 g/mol. The Bertz CT molecular complexity index is 1430. The normalized spacial score (nSPS) is 14.6. The lowest BCUT2D eigenvalue weighted by molar-refractivity contribution is -0.139. The van der Waals surface area contributed by atoms with Gasteiger partial charge in [0.2, 0.25) is 5.88 Å². The highest BCUT2D eigenvalue weighted by Crippen LogP contribution is 2.33. The van der Waals surface area contributed by atoms with E-state index in [1.165, 1.54) is 36.4 Å². The molecule has 1 aliphatic heterocycles. The Morgan fingerprint density at radius 1 is 1.00 bits per heavy atom. The number of nitrogens with one attached hydrogen (secondary N) is 1. The van der Waals surface area contributed by atoms with E-state index in [-0.39, 0.29) is 5.69 Å². The SMILES string of the molecule is O=C(Nc1ccc(F)c(C(F)(F)F)c1)n1ccc2cc(Oc3cc(CN4CCCCC4)ncn3)ccc21. The summed E-state index contributed by atoms with van der Waals surface area (Å²) < 4.78 is 59.7. The largest absolute Gasteiger partial charge is 0.439 e. The minimum Gasteiger partial charge on any atom is -0.439 e. The summed E-state index contributed by atoms with van der Waals surface area (Å²) in [4.78, 5) is 23.6. The van der Waals surface area contributed by atoms with E-state index >= 15 is 0 Å². The molecule has 0 atom stereocenters. The molecule has 1 amide bonds. The van der Waals surface area contributed by atoms with Crippen LogP contribution >= 0.6 is 0 Å². The molecule has 0 saturated carbocycles. The number of piperidine rings is 1. The average molecular weight is 513 g/mol. The van der Waals surface area contributed by atoms with E-state index in [1.54, 1.807) is 30.3 Å². The average Bonchev–Trinajstić information content (AvgIpc) is 3.29. The third-order valence-electron chi connectivity index (χ3n) is 6.16. The number of anilines is 1. The molecule has 7 nitrogen and oxygen atoms in total. The number of rotatable bonds is 5. The van der Waals surface area contributed by atoms with Crippen LogP contribution in [-0.4, -0.2) is 38.6 Å². The number of carbonyl (C=O) groups is 1. The molecular formula is C26H23F4N5O2. The summed E-state index contributed by atoms with van der Waals surface area (Å²) >= 11 is 0. The molecule has 2 aromatic carbocycles. The summed E-state index contributed by atoms with van der Waals surface area (Å²) in [5, 5.41) is 3.05. The first-order chi connectivity index (χ1) is 17.8. The van der Waals surface area contributed by atoms with Crippen LogP contribution in [-0.2, 0) is 12.7 Å². The summed E-state index contributed by atoms with van der Waals surface area (Å²) in [6.45, 7) is 2.83. The summed E-state index contributed by atoms with van der Waals surface area (Å²) in [6, 6.07) is 10.1. The second-order valence-corrected chi connectivity index (χ2v) is 8.82. The lowest BCUT2D eigenvalue weighted by atomic mass is 10.1. The van der Waals surface area contributed by atoms with Crippen LogP contribution in [0.3, 0.4) is 0 Å². The second kappa shape index (κ2) is 10.2. The zero-order valence-corrected chi connectivity index (χ0v) is 19.6. The fourth-order valence-corrected chi connectivity index (χ4v) is 4.35. The number of likely N-dealkylation sites (tertiary alicyclic amines) is 1. The van der Waals surface area contributed by atoms with E-state index in [4.69, 9.17) is 4.74 Å². The van der Waals surface area contributed by atoms with E-state index in [2.05, 4.69) is 20.2 Å². The van der Waals surface area contributed by atoms with Crippen LogP contribution in [0.1, 0.15) is 30.5 Å². The maximum atomic E-state index is 13.5. The number of hydrogen-bond donors (Lipinski definition) is 1. The van der Waals surface area contributed by atoms with Gasteiger partial charge in [-0.05, 0) is 68.4 Å². The fraction of sp³-hybridized carbons (Fsp3) is 0.269. The molecule has 4 aromatic rings. The van der Waals surface area contributed by atoms with Gasteiger partial charge in [0.1, 0.15) is 17.9 Å². The van der Waals surface area contributed by atoms with Crippen molar-refractivity contribution in [1.29, 1.82) is 0 Å². The number of alkyl halides is 3. The van der Waals surface area contributed by atoms with Gasteiger partial charge in [0.25, 0.3) is 0 Å². The summed E-state index contributed by atoms with van der Waals surface area (Å²) in [5.41, 5.74) is -0.250. The van der Waals surface area contributed by atoms with Crippen LogP contribution in [0, 0.1) is 5.82 Å². The third-order valence-corrected chi connectivity index (χ3v) is 6.16. The highest BCUT2D eigenvalue weighted by molar-refractivity contribution is 5.98. The Hall–Kier alpha value is -3.99. The number of ether oxygens (including phenoxy) is 1. The molecule has 0 spiro atoms. The van der Waals surface area contributed by atoms with Crippen LogP contribution in [0.4, 0.5) is 28.0 Å². The zero-order chi connectivity index (χ0) is 26.0. The fourth-order valence-electron chi connectivity index (χ4n) is 4.35. The van der Waals surface area contributed by atoms with Crippen LogP contribution in [0.25, 0.3) is 10.9 Å². The van der Waals surface area contributed by atoms with E-state index in [9.17, 15) is 22.4 Å². The van der Waals surface area contributed by atoms with Gasteiger partial charge in [-0.1, -0.05) is 6.42 Å². The van der Waals surface area contributed by atoms with Crippen molar-refractivity contribution in [2.75, 3.05) is 18.4 Å². The first-order valence-corrected chi connectivity index (χ1v) is 11.8. The minimum atomic E-state index is -4.88. The molecule has 3 heterocycles. The molecule has 0 unspecified atom stereocenters. The topological polar surface area (TPSA) is 72.3 Å². The zero-order valence-electron chi connectivity index (χ0n) is 19.6. The van der Waals surface area contributed by atoms with Crippen LogP contribution < -0.4 is 10.1 Å². The van der Waals surface area contributed by atoms with Crippen molar-refractivity contribution in [2.45, 2.75) is 32.0 Å². The Labute approximate surface area is 209 Å². The van der Waals surface area contributed by atoms with Crippen molar-refractivity contribution in [3.8, 4) is 11.6 Å². The van der Waals surface area contributed by atoms with E-state index < -0.39 is 23.6 Å². The minimum absolute atomic E-state index is 0.176. The van der Waals surface area contributed by atoms with Crippen LogP contribution in [0.5, 0.6) is 11.6 Å². The van der Waals surface area contributed by atoms with Crippen molar-refractivity contribution in [1.82, 2.24) is 19.4 Å². The van der Waals surface area contributed by atoms with Gasteiger partial charge in [-0.2, -0.15) is 13.2 Å². The van der Waals surface area contributed by atoms with Crippen molar-refractivity contribution < 1.29 is 27.1 Å². The van der Waals surface area contributed by atoms with Crippen molar-refractivity contribution in [3.63, 3.8) is 0 Å². The molecule has 0 aliphatic carbocycles. The molecular weight excluding hydrogens is 490 g/mol. The highest BCUT2D eigenvalue weighted by Gasteiger charge is 2.34. The second-order valence-electron chi connectivity index (χ2n) is 8.82. The van der Waals surface area contributed by atoms with Gasteiger partial charge >= 0.3 is 12.2 Å². The molecule has 11 heteroatoms. The molecule has 2 aromatic heterocycles. The number of nitrogens with zero attached hydrogens (tertiary/aromatic N) is 4. The summed E-state index contributed by atoms with van der Waals surface area (Å²) in [6.07, 6.45) is 1.70. The molecule has 1 saturated heterocycles. The van der Waals surface area contributed by atoms with Crippen LogP contribution in [0.2, 0.25) is 0 Å². The Morgan fingerprint density at radius 3 is 2.59 bits per heavy atom. The number of amides is 1. The van der Waals surface area contributed by atoms with Crippen molar-refractivity contribution >= 4 is 22.6 Å². The first-order valence-electron chi connectivity index (χ1n) is 11.8. The Morgan fingerprint density at radius 2 is 1.81 bits per heavy atom. The molecule has 192 valence electrons. The van der Waals surface area contributed by atoms with Gasteiger partial charge < -0.3 is 10.1 Å². The predicted octanol–water partition coefficient (Wildman–Crippen LogP) is 6.45. The molecule has 0 radical (unpaired) electrons. The number of aromatic nitrogens is 3. The maximum absolute atomic E-state index is 13.5. The van der Waals surface area contributed by atoms with Gasteiger partial charge in [-0.25, -0.2) is 19.2 Å². The summed E-state index contributed by atoms with van der Waals surface area (Å²) in [7, 11) is 0. The highest BCUT2D eigenvalue weighted by atomic mass is 19.4. The first kappa shape index (κ1) is 24.7. The van der Waals surface area contributed by atoms with Gasteiger partial charge in [0, 0.05) is 29.9 Å². The molecule has 0 bridgehead atoms. The standard InChI is InChI=1S/C26H23F4N5O2/c27-22-6-4-18(13-21(22)26(28,29)30)33-25(36)35-11-8-17-12-20(5-7-23(17)35)37-24-14-19(31-16-32-24)15-34-9-2-1-3-10-34/h4-8,11-14,16H,1-3,9-10,15H2,(H,33,36). The van der Waals surface area contributed by atoms with Crippen molar-refractivity contribution in [3.05, 3.63) is 78.1 Å². The van der Waals surface area contributed by atoms with Crippen molar-refractivity contribution in [2.24, 2.45) is 0 Å². The van der Waals surface area contributed by atoms with E-state index in [0.29, 0.717) is 34.7 Å². The number of fused-ring (bicyclic) bond motifs is 1. The Balaban J connectivity index is 1.29. The number of halogens is 4. The molecule has 1 aliphatic rings. The number of benzene rings is 2. The lowest BCUT2D eigenvalue weighted by Gasteiger charge is -2.25. The maximum Gasteiger partial charge on any atom is 0.419 e. The number of carbonyl (C=O) groups excluding carboxylic acids is 1. The summed E-state index contributed by atoms with van der Waals surface area (Å²) in [5.74, 6) is -0.510. The third kappa shape index (κ3) is 5.72. The van der Waals surface area contributed by atoms with Gasteiger partial charge in [-0.15, -0.1) is 0 Å². The lowest BCUT2D eigenvalue weighted by Crippen LogP contribution is -2.29. The Kier molecular flexibility index (Phi) is 6.79. The van der Waals surface area contributed by atoms with E-state index in [1.807, 2.05) is 0 Å². The molecule has 1 N–H and O–H groups in total.